The van der Waals surface area contributed by atoms with Crippen molar-refractivity contribution in [2.75, 3.05) is 13.7 Å². The molecule has 1 heterocycles. The first-order chi connectivity index (χ1) is 13.1. The molecule has 0 fully saturated rings. The number of carbonyl (C=O) groups excluding carboxylic acids is 1. The Bertz CT molecular complexity index is 1000. The fourth-order valence-corrected chi connectivity index (χ4v) is 2.54. The fourth-order valence-electron chi connectivity index (χ4n) is 2.54. The minimum absolute atomic E-state index is 0.0372. The van der Waals surface area contributed by atoms with Gasteiger partial charge in [0.05, 0.1) is 24.9 Å². The van der Waals surface area contributed by atoms with E-state index in [0.717, 1.165) is 11.3 Å². The Hall–Kier alpha value is -3.48. The highest BCUT2D eigenvalue weighted by Gasteiger charge is 2.10. The number of methoxy groups -OCH3 is 1. The van der Waals surface area contributed by atoms with Gasteiger partial charge in [0.15, 0.2) is 0 Å². The lowest BCUT2D eigenvalue weighted by Crippen LogP contribution is -2.32. The van der Waals surface area contributed by atoms with E-state index < -0.39 is 11.7 Å². The van der Waals surface area contributed by atoms with E-state index >= 15 is 0 Å². The molecule has 7 heteroatoms. The third kappa shape index (κ3) is 4.38. The summed E-state index contributed by atoms with van der Waals surface area (Å²) in [4.78, 5) is 24.0. The van der Waals surface area contributed by atoms with Gasteiger partial charge in [-0.15, -0.1) is 0 Å². The van der Waals surface area contributed by atoms with Gasteiger partial charge in [0.1, 0.15) is 11.6 Å². The second-order valence-electron chi connectivity index (χ2n) is 5.74. The summed E-state index contributed by atoms with van der Waals surface area (Å²) in [7, 11) is 1.59. The second kappa shape index (κ2) is 8.27. The van der Waals surface area contributed by atoms with Crippen molar-refractivity contribution in [2.24, 2.45) is 0 Å². The number of nitrogens with one attached hydrogen (secondary N) is 1. The maximum atomic E-state index is 13.6. The Kier molecular flexibility index (Phi) is 5.61. The van der Waals surface area contributed by atoms with Crippen molar-refractivity contribution in [3.63, 3.8) is 0 Å². The number of halogens is 1. The molecule has 1 amide bonds. The van der Waals surface area contributed by atoms with E-state index in [2.05, 4.69) is 10.4 Å². The van der Waals surface area contributed by atoms with E-state index in [-0.39, 0.29) is 24.2 Å². The van der Waals surface area contributed by atoms with E-state index in [9.17, 15) is 14.0 Å². The number of rotatable bonds is 6. The molecule has 0 saturated heterocycles. The molecule has 0 spiro atoms. The van der Waals surface area contributed by atoms with Gasteiger partial charge in [-0.1, -0.05) is 12.1 Å². The minimum Gasteiger partial charge on any atom is -0.497 e. The zero-order valence-electron chi connectivity index (χ0n) is 14.7. The quantitative estimate of drug-likeness (QED) is 0.727. The lowest BCUT2D eigenvalue weighted by molar-refractivity contribution is 0.0947. The van der Waals surface area contributed by atoms with E-state index in [0.29, 0.717) is 5.69 Å². The molecule has 6 nitrogen and oxygen atoms in total. The Balaban J connectivity index is 1.69. The number of benzene rings is 2. The third-order valence-electron chi connectivity index (χ3n) is 3.98. The molecular formula is C20H18FN3O3. The van der Waals surface area contributed by atoms with Crippen LogP contribution < -0.4 is 15.6 Å². The van der Waals surface area contributed by atoms with Crippen LogP contribution in [0.1, 0.15) is 10.4 Å². The molecule has 3 aromatic rings. The Morgan fingerprint density at radius 3 is 2.56 bits per heavy atom. The second-order valence-corrected chi connectivity index (χ2v) is 5.74. The molecular weight excluding hydrogens is 349 g/mol. The number of aromatic nitrogens is 2. The predicted molar refractivity (Wildman–Crippen MR) is 99.2 cm³/mol. The molecule has 0 bridgehead atoms. The van der Waals surface area contributed by atoms with Gasteiger partial charge >= 0.3 is 0 Å². The fraction of sp³-hybridized carbons (Fsp3) is 0.150. The van der Waals surface area contributed by atoms with Gasteiger partial charge in [-0.3, -0.25) is 9.59 Å². The first kappa shape index (κ1) is 18.3. The van der Waals surface area contributed by atoms with Crippen LogP contribution in [0.15, 0.2) is 65.5 Å². The summed E-state index contributed by atoms with van der Waals surface area (Å²) in [5.41, 5.74) is 1.13. The maximum absolute atomic E-state index is 13.6. The average molecular weight is 367 g/mol. The summed E-state index contributed by atoms with van der Waals surface area (Å²) in [6, 6.07) is 16.1. The third-order valence-corrected chi connectivity index (χ3v) is 3.98. The van der Waals surface area contributed by atoms with Crippen molar-refractivity contribution in [3.8, 4) is 17.0 Å². The zero-order valence-corrected chi connectivity index (χ0v) is 14.7. The van der Waals surface area contributed by atoms with Crippen LogP contribution in [0.3, 0.4) is 0 Å². The van der Waals surface area contributed by atoms with Gasteiger partial charge in [-0.2, -0.15) is 5.10 Å². The van der Waals surface area contributed by atoms with Gasteiger partial charge < -0.3 is 10.1 Å². The number of hydrogen-bond donors (Lipinski definition) is 1. The van der Waals surface area contributed by atoms with E-state index in [1.807, 2.05) is 12.1 Å². The molecule has 138 valence electrons. The first-order valence-electron chi connectivity index (χ1n) is 8.34. The summed E-state index contributed by atoms with van der Waals surface area (Å²) in [5.74, 6) is -0.401. The van der Waals surface area contributed by atoms with E-state index in [4.69, 9.17) is 4.74 Å². The van der Waals surface area contributed by atoms with E-state index in [1.165, 1.54) is 28.9 Å². The predicted octanol–water partition coefficient (Wildman–Crippen LogP) is 2.49. The van der Waals surface area contributed by atoms with Gasteiger partial charge in [-0.25, -0.2) is 9.07 Å². The molecule has 0 radical (unpaired) electrons. The molecule has 3 rings (SSSR count). The van der Waals surface area contributed by atoms with Crippen molar-refractivity contribution in [1.82, 2.24) is 15.1 Å². The lowest BCUT2D eigenvalue weighted by Gasteiger charge is -2.09. The summed E-state index contributed by atoms with van der Waals surface area (Å²) >= 11 is 0. The summed E-state index contributed by atoms with van der Waals surface area (Å²) in [6.45, 7) is 0.315. The van der Waals surface area contributed by atoms with Gasteiger partial charge in [0, 0.05) is 18.2 Å². The van der Waals surface area contributed by atoms with Crippen molar-refractivity contribution in [2.45, 2.75) is 6.54 Å². The summed E-state index contributed by atoms with van der Waals surface area (Å²) in [6.07, 6.45) is 0. The lowest BCUT2D eigenvalue weighted by atomic mass is 10.1. The number of hydrogen-bond acceptors (Lipinski definition) is 4. The highest BCUT2D eigenvalue weighted by Crippen LogP contribution is 2.19. The van der Waals surface area contributed by atoms with Crippen LogP contribution in [0.2, 0.25) is 0 Å². The molecule has 0 aliphatic carbocycles. The van der Waals surface area contributed by atoms with Crippen LogP contribution in [-0.4, -0.2) is 29.3 Å². The van der Waals surface area contributed by atoms with Gasteiger partial charge in [-0.05, 0) is 42.5 Å². The minimum atomic E-state index is -0.591. The highest BCUT2D eigenvalue weighted by molar-refractivity contribution is 5.94. The zero-order chi connectivity index (χ0) is 19.2. The van der Waals surface area contributed by atoms with Crippen LogP contribution in [-0.2, 0) is 6.54 Å². The van der Waals surface area contributed by atoms with Crippen molar-refractivity contribution >= 4 is 5.91 Å². The number of ether oxygens (including phenoxy) is 1. The van der Waals surface area contributed by atoms with Crippen LogP contribution in [0, 0.1) is 5.82 Å². The maximum Gasteiger partial charge on any atom is 0.266 e. The summed E-state index contributed by atoms with van der Waals surface area (Å²) in [5, 5.41) is 6.92. The molecule has 0 aliphatic rings. The SMILES string of the molecule is COc1ccc(-c2ccc(=O)n(CCNC(=O)c3ccccc3F)n2)cc1. The van der Waals surface area contributed by atoms with Gasteiger partial charge in [0.25, 0.3) is 11.5 Å². The highest BCUT2D eigenvalue weighted by atomic mass is 19.1. The van der Waals surface area contributed by atoms with Crippen LogP contribution in [0.5, 0.6) is 5.75 Å². The van der Waals surface area contributed by atoms with E-state index in [1.54, 1.807) is 31.4 Å². The van der Waals surface area contributed by atoms with Crippen LogP contribution in [0.25, 0.3) is 11.3 Å². The number of carbonyl (C=O) groups is 1. The topological polar surface area (TPSA) is 73.2 Å². The Labute approximate surface area is 155 Å². The molecule has 1 aromatic heterocycles. The normalized spacial score (nSPS) is 10.4. The molecule has 0 unspecified atom stereocenters. The van der Waals surface area contributed by atoms with Gasteiger partial charge in [0.2, 0.25) is 0 Å². The monoisotopic (exact) mass is 367 g/mol. The molecule has 1 N–H and O–H groups in total. The first-order valence-corrected chi connectivity index (χ1v) is 8.34. The number of amides is 1. The Morgan fingerprint density at radius 1 is 1.11 bits per heavy atom. The van der Waals surface area contributed by atoms with Crippen LogP contribution >= 0.6 is 0 Å². The standard InChI is InChI=1S/C20H18FN3O3/c1-27-15-8-6-14(7-9-15)18-10-11-19(25)24(23-18)13-12-22-20(26)16-4-2-3-5-17(16)21/h2-11H,12-13H2,1H3,(H,22,26). The van der Waals surface area contributed by atoms with Crippen molar-refractivity contribution in [3.05, 3.63) is 82.4 Å². The smallest absolute Gasteiger partial charge is 0.266 e. The van der Waals surface area contributed by atoms with Crippen LogP contribution in [0.4, 0.5) is 4.39 Å². The molecule has 0 aliphatic heterocycles. The molecule has 27 heavy (non-hydrogen) atoms. The summed E-state index contributed by atoms with van der Waals surface area (Å²) < 4.78 is 20.0. The molecule has 0 saturated carbocycles. The largest absolute Gasteiger partial charge is 0.497 e. The number of nitrogens with zero attached hydrogens (tertiary/aromatic N) is 2. The van der Waals surface area contributed by atoms with Crippen molar-refractivity contribution in [1.29, 1.82) is 0 Å². The molecule has 2 aromatic carbocycles. The average Bonchev–Trinajstić information content (AvgIpc) is 2.69. The van der Waals surface area contributed by atoms with Crippen molar-refractivity contribution < 1.29 is 13.9 Å². The Morgan fingerprint density at radius 2 is 1.85 bits per heavy atom. The molecule has 0 atom stereocenters.